The number of nitrogens with one attached hydrogen (secondary N) is 1. The van der Waals surface area contributed by atoms with E-state index >= 15 is 0 Å². The Balaban J connectivity index is 0.000000872. The van der Waals surface area contributed by atoms with Crippen LogP contribution < -0.4 is 14.8 Å². The highest BCUT2D eigenvalue weighted by molar-refractivity contribution is 6.03. The number of esters is 1. The third-order valence-electron chi connectivity index (χ3n) is 5.53. The molecule has 142 valence electrons. The van der Waals surface area contributed by atoms with E-state index in [0.717, 1.165) is 10.9 Å². The number of hydrogen-bond donors (Lipinski definition) is 1. The molecule has 1 saturated carbocycles. The second-order valence-corrected chi connectivity index (χ2v) is 6.56. The summed E-state index contributed by atoms with van der Waals surface area (Å²) in [5.41, 5.74) is 1.22. The van der Waals surface area contributed by atoms with Crippen molar-refractivity contribution in [3.05, 3.63) is 24.0 Å². The van der Waals surface area contributed by atoms with Gasteiger partial charge in [0, 0.05) is 23.9 Å². The number of furan rings is 1. The molecular weight excluding hydrogens is 352 g/mol. The van der Waals surface area contributed by atoms with Gasteiger partial charge in [-0.15, -0.1) is 0 Å². The van der Waals surface area contributed by atoms with Crippen molar-refractivity contribution in [1.82, 2.24) is 10.2 Å². The summed E-state index contributed by atoms with van der Waals surface area (Å²) in [5.74, 6) is -1.60. The second-order valence-electron chi connectivity index (χ2n) is 6.56. The zero-order chi connectivity index (χ0) is 19.5. The standard InChI is InChI=1S/C17H14N2O6.C2H6/c1-19-11-9(15(20)18-17(19)22)8-7-5-6-3-4-24-12(6)14(23-2)13(7)25-16(21)10(8)11;1-2/h3-5,8-11H,1-2H3,(H,18,20,22);1-2H3. The third kappa shape index (κ3) is 2.12. The molecule has 2 fully saturated rings. The van der Waals surface area contributed by atoms with Crippen molar-refractivity contribution in [3.8, 4) is 11.5 Å². The first-order chi connectivity index (χ1) is 13.0. The first kappa shape index (κ1) is 17.4. The van der Waals surface area contributed by atoms with Crippen molar-refractivity contribution in [2.45, 2.75) is 25.8 Å². The highest BCUT2D eigenvalue weighted by Gasteiger charge is 2.65. The maximum atomic E-state index is 12.6. The fraction of sp³-hybridized carbons (Fsp3) is 0.421. The number of amides is 3. The van der Waals surface area contributed by atoms with Gasteiger partial charge in [0.2, 0.25) is 11.7 Å². The first-order valence-corrected chi connectivity index (χ1v) is 8.90. The molecule has 4 unspecified atom stereocenters. The molecule has 27 heavy (non-hydrogen) atoms. The van der Waals surface area contributed by atoms with Gasteiger partial charge in [-0.2, -0.15) is 0 Å². The van der Waals surface area contributed by atoms with Gasteiger partial charge in [0.25, 0.3) is 0 Å². The highest BCUT2D eigenvalue weighted by atomic mass is 16.6. The summed E-state index contributed by atoms with van der Waals surface area (Å²) in [7, 11) is 3.05. The van der Waals surface area contributed by atoms with Gasteiger partial charge in [-0.05, 0) is 12.1 Å². The Morgan fingerprint density at radius 1 is 1.15 bits per heavy atom. The monoisotopic (exact) mass is 372 g/mol. The first-order valence-electron chi connectivity index (χ1n) is 8.90. The van der Waals surface area contributed by atoms with E-state index in [1.807, 2.05) is 19.9 Å². The number of carbonyl (C=O) groups is 3. The Hall–Kier alpha value is -3.03. The molecule has 1 N–H and O–H groups in total. The number of methoxy groups -OCH3 is 1. The lowest BCUT2D eigenvalue weighted by molar-refractivity contribution is -0.160. The van der Waals surface area contributed by atoms with Crippen molar-refractivity contribution in [2.24, 2.45) is 11.8 Å². The van der Waals surface area contributed by atoms with Crippen LogP contribution in [0, 0.1) is 11.8 Å². The lowest BCUT2D eigenvalue weighted by Crippen LogP contribution is -2.72. The van der Waals surface area contributed by atoms with E-state index in [1.54, 1.807) is 13.1 Å². The molecule has 8 nitrogen and oxygen atoms in total. The number of fused-ring (bicyclic) bond motifs is 7. The van der Waals surface area contributed by atoms with Crippen LogP contribution >= 0.6 is 0 Å². The Labute approximate surface area is 155 Å². The number of carbonyl (C=O) groups excluding carboxylic acids is 3. The molecule has 1 aromatic heterocycles. The van der Waals surface area contributed by atoms with Crippen LogP contribution in [0.15, 0.2) is 22.8 Å². The van der Waals surface area contributed by atoms with Gasteiger partial charge in [-0.25, -0.2) is 4.79 Å². The zero-order valence-electron chi connectivity index (χ0n) is 15.4. The van der Waals surface area contributed by atoms with E-state index in [1.165, 1.54) is 18.3 Å². The van der Waals surface area contributed by atoms with Crippen LogP contribution in [0.5, 0.6) is 11.5 Å². The SMILES string of the molecule is CC.COc1c2c(cc3ccoc13)C1C3C(=O)NC(=O)N(C)C3C1C(=O)O2. The Morgan fingerprint density at radius 2 is 1.89 bits per heavy atom. The maximum absolute atomic E-state index is 12.6. The summed E-state index contributed by atoms with van der Waals surface area (Å²) in [4.78, 5) is 38.3. The number of nitrogens with zero attached hydrogens (tertiary/aromatic N) is 1. The molecule has 1 aliphatic carbocycles. The second kappa shape index (κ2) is 6.00. The molecule has 4 atom stereocenters. The molecular formula is C19H20N2O6. The van der Waals surface area contributed by atoms with Crippen LogP contribution in [0.25, 0.3) is 11.0 Å². The Morgan fingerprint density at radius 3 is 2.59 bits per heavy atom. The molecule has 8 heteroatoms. The van der Waals surface area contributed by atoms with E-state index in [4.69, 9.17) is 13.9 Å². The molecule has 1 saturated heterocycles. The van der Waals surface area contributed by atoms with Gasteiger partial charge < -0.3 is 18.8 Å². The topological polar surface area (TPSA) is 98.1 Å². The summed E-state index contributed by atoms with van der Waals surface area (Å²) in [5, 5.41) is 3.15. The predicted octanol–water partition coefficient (Wildman–Crippen LogP) is 2.27. The normalized spacial score (nSPS) is 28.0. The predicted molar refractivity (Wildman–Crippen MR) is 94.6 cm³/mol. The van der Waals surface area contributed by atoms with Crippen LogP contribution in [-0.2, 0) is 9.59 Å². The summed E-state index contributed by atoms with van der Waals surface area (Å²) in [6.45, 7) is 4.00. The fourth-order valence-corrected chi connectivity index (χ4v) is 4.40. The largest absolute Gasteiger partial charge is 0.490 e. The quantitative estimate of drug-likeness (QED) is 0.609. The zero-order valence-corrected chi connectivity index (χ0v) is 15.4. The van der Waals surface area contributed by atoms with E-state index in [9.17, 15) is 14.4 Å². The average Bonchev–Trinajstić information content (AvgIpc) is 3.09. The molecule has 1 aromatic carbocycles. The molecule has 0 bridgehead atoms. The molecule has 3 heterocycles. The van der Waals surface area contributed by atoms with E-state index in [-0.39, 0.29) is 11.8 Å². The molecule has 0 spiro atoms. The summed E-state index contributed by atoms with van der Waals surface area (Å²) >= 11 is 0. The summed E-state index contributed by atoms with van der Waals surface area (Å²) in [6, 6.07) is 2.67. The Kier molecular flexibility index (Phi) is 3.87. The Bertz CT molecular complexity index is 965. The van der Waals surface area contributed by atoms with E-state index in [2.05, 4.69) is 5.32 Å². The molecule has 2 aliphatic heterocycles. The third-order valence-corrected chi connectivity index (χ3v) is 5.53. The van der Waals surface area contributed by atoms with Gasteiger partial charge in [-0.1, -0.05) is 13.8 Å². The molecule has 3 amide bonds. The molecule has 5 rings (SSSR count). The number of ether oxygens (including phenoxy) is 2. The smallest absolute Gasteiger partial charge is 0.324 e. The minimum atomic E-state index is -0.563. The van der Waals surface area contributed by atoms with Crippen LogP contribution in [0.3, 0.4) is 0 Å². The summed E-state index contributed by atoms with van der Waals surface area (Å²) in [6.07, 6.45) is 1.53. The number of rotatable bonds is 1. The van der Waals surface area contributed by atoms with Gasteiger partial charge in [0.1, 0.15) is 0 Å². The summed E-state index contributed by atoms with van der Waals surface area (Å²) < 4.78 is 16.4. The van der Waals surface area contributed by atoms with E-state index in [0.29, 0.717) is 17.1 Å². The van der Waals surface area contributed by atoms with Crippen LogP contribution in [-0.4, -0.2) is 43.0 Å². The van der Waals surface area contributed by atoms with Crippen LogP contribution in [0.2, 0.25) is 0 Å². The molecule has 3 aliphatic rings. The number of benzene rings is 1. The highest BCUT2D eigenvalue weighted by Crippen LogP contribution is 2.59. The van der Waals surface area contributed by atoms with Gasteiger partial charge >= 0.3 is 12.0 Å². The van der Waals surface area contributed by atoms with Crippen LogP contribution in [0.1, 0.15) is 25.3 Å². The number of hydrogen-bond acceptors (Lipinski definition) is 6. The van der Waals surface area contributed by atoms with Crippen molar-refractivity contribution < 1.29 is 28.3 Å². The number of urea groups is 1. The van der Waals surface area contributed by atoms with Gasteiger partial charge in [0.05, 0.1) is 31.3 Å². The van der Waals surface area contributed by atoms with Crippen molar-refractivity contribution in [2.75, 3.05) is 14.2 Å². The van der Waals surface area contributed by atoms with Gasteiger partial charge in [0.15, 0.2) is 11.3 Å². The van der Waals surface area contributed by atoms with Crippen molar-refractivity contribution >= 4 is 28.9 Å². The van der Waals surface area contributed by atoms with Gasteiger partial charge in [-0.3, -0.25) is 14.9 Å². The molecule has 0 radical (unpaired) electrons. The average molecular weight is 372 g/mol. The lowest BCUT2D eigenvalue weighted by Gasteiger charge is -2.56. The van der Waals surface area contributed by atoms with Crippen molar-refractivity contribution in [3.63, 3.8) is 0 Å². The minimum absolute atomic E-state index is 0.294. The van der Waals surface area contributed by atoms with Crippen molar-refractivity contribution in [1.29, 1.82) is 0 Å². The van der Waals surface area contributed by atoms with Crippen LogP contribution in [0.4, 0.5) is 4.79 Å². The number of imide groups is 1. The molecule has 2 aromatic rings. The minimum Gasteiger partial charge on any atom is -0.490 e. The fourth-order valence-electron chi connectivity index (χ4n) is 4.40. The maximum Gasteiger partial charge on any atom is 0.324 e. The van der Waals surface area contributed by atoms with E-state index < -0.39 is 29.9 Å². The lowest BCUT2D eigenvalue weighted by atomic mass is 9.55.